The van der Waals surface area contributed by atoms with E-state index >= 15 is 0 Å². The highest BCUT2D eigenvalue weighted by Crippen LogP contribution is 2.16. The van der Waals surface area contributed by atoms with Crippen LogP contribution in [0, 0.1) is 0 Å². The van der Waals surface area contributed by atoms with E-state index in [-0.39, 0.29) is 9.79 Å². The van der Waals surface area contributed by atoms with Gasteiger partial charge in [0.05, 0.1) is 9.79 Å². The molecule has 2 N–H and O–H groups in total. The zero-order chi connectivity index (χ0) is 23.1. The topological polar surface area (TPSA) is 98.8 Å². The third kappa shape index (κ3) is 8.32. The van der Waals surface area contributed by atoms with Crippen LogP contribution in [0.3, 0.4) is 0 Å². The fraction of sp³-hybridized carbons (Fsp3) is 0.429. The lowest BCUT2D eigenvalue weighted by molar-refractivity contribution is 0.412. The Bertz CT molecular complexity index is 948. The summed E-state index contributed by atoms with van der Waals surface area (Å²) in [4.78, 5) is 4.25. The third-order valence-electron chi connectivity index (χ3n) is 4.58. The van der Waals surface area contributed by atoms with Crippen molar-refractivity contribution in [1.29, 1.82) is 0 Å². The minimum atomic E-state index is -3.53. The summed E-state index contributed by atoms with van der Waals surface area (Å²) in [6, 6.07) is 13.4. The van der Waals surface area contributed by atoms with Crippen LogP contribution in [0.4, 0.5) is 0 Å². The van der Waals surface area contributed by atoms with E-state index in [9.17, 15) is 16.8 Å². The highest BCUT2D eigenvalue weighted by atomic mass is 32.2. The number of rotatable bonds is 12. The van der Waals surface area contributed by atoms with E-state index in [1.807, 2.05) is 38.0 Å². The third-order valence-corrected chi connectivity index (χ3v) is 7.53. The van der Waals surface area contributed by atoms with Crippen molar-refractivity contribution in [2.45, 2.75) is 16.2 Å². The lowest BCUT2D eigenvalue weighted by atomic mass is 10.1. The molecule has 10 heteroatoms. The second kappa shape index (κ2) is 11.2. The number of nitrogens with one attached hydrogen (secondary N) is 2. The summed E-state index contributed by atoms with van der Waals surface area (Å²) in [5.41, 5.74) is 1.87. The molecular weight excluding hydrogens is 436 g/mol. The van der Waals surface area contributed by atoms with Gasteiger partial charge in [0.1, 0.15) is 0 Å². The second-order valence-corrected chi connectivity index (χ2v) is 11.4. The first-order chi connectivity index (χ1) is 14.5. The van der Waals surface area contributed by atoms with Crippen molar-refractivity contribution in [3.8, 4) is 0 Å². The Morgan fingerprint density at radius 2 is 0.935 bits per heavy atom. The van der Waals surface area contributed by atoms with E-state index in [2.05, 4.69) is 9.44 Å². The first-order valence-corrected chi connectivity index (χ1v) is 12.9. The number of sulfonamides is 2. The Morgan fingerprint density at radius 1 is 0.613 bits per heavy atom. The van der Waals surface area contributed by atoms with Gasteiger partial charge < -0.3 is 9.80 Å². The van der Waals surface area contributed by atoms with E-state index in [1.54, 1.807) is 48.5 Å². The predicted octanol–water partition coefficient (Wildman–Crippen LogP) is 0.957. The molecule has 172 valence electrons. The van der Waals surface area contributed by atoms with Crippen molar-refractivity contribution in [2.24, 2.45) is 0 Å². The lowest BCUT2D eigenvalue weighted by Crippen LogP contribution is -2.31. The summed E-state index contributed by atoms with van der Waals surface area (Å²) in [5, 5.41) is 0. The Labute approximate surface area is 186 Å². The van der Waals surface area contributed by atoms with Gasteiger partial charge in [-0.25, -0.2) is 26.3 Å². The second-order valence-electron chi connectivity index (χ2n) is 7.87. The van der Waals surface area contributed by atoms with Gasteiger partial charge in [-0.2, -0.15) is 0 Å². The summed E-state index contributed by atoms with van der Waals surface area (Å²) in [5.74, 6) is 0. The maximum absolute atomic E-state index is 12.3. The van der Waals surface area contributed by atoms with Crippen LogP contribution in [0.25, 0.3) is 0 Å². The fourth-order valence-corrected chi connectivity index (χ4v) is 4.82. The number of hydrogen-bond donors (Lipinski definition) is 2. The standard InChI is InChI=1S/C21H32N4O4S2/c1-24(2)15-13-22-30(26,27)20-9-5-18(6-10-20)17-19-7-11-21(12-8-19)31(28,29)23-14-16-25(3)4/h5-12,22-23H,13-17H2,1-4H3. The van der Waals surface area contributed by atoms with Crippen molar-refractivity contribution in [3.63, 3.8) is 0 Å². The monoisotopic (exact) mass is 468 g/mol. The van der Waals surface area contributed by atoms with Gasteiger partial charge in [0, 0.05) is 26.2 Å². The number of likely N-dealkylation sites (N-methyl/N-ethyl adjacent to an activating group) is 2. The molecule has 0 spiro atoms. The van der Waals surface area contributed by atoms with Gasteiger partial charge in [-0.1, -0.05) is 24.3 Å². The van der Waals surface area contributed by atoms with Crippen LogP contribution in [0.5, 0.6) is 0 Å². The molecule has 0 heterocycles. The Hall–Kier alpha value is -1.82. The predicted molar refractivity (Wildman–Crippen MR) is 123 cm³/mol. The van der Waals surface area contributed by atoms with Gasteiger partial charge in [-0.3, -0.25) is 0 Å². The smallest absolute Gasteiger partial charge is 0.240 e. The molecule has 0 aliphatic carbocycles. The maximum atomic E-state index is 12.3. The summed E-state index contributed by atoms with van der Waals surface area (Å²) in [6.45, 7) is 1.93. The Morgan fingerprint density at radius 3 is 1.23 bits per heavy atom. The molecule has 0 radical (unpaired) electrons. The molecule has 2 aromatic carbocycles. The van der Waals surface area contributed by atoms with Gasteiger partial charge in [-0.05, 0) is 70.0 Å². The average Bonchev–Trinajstić information content (AvgIpc) is 2.68. The number of hydrogen-bond acceptors (Lipinski definition) is 6. The molecule has 0 aliphatic heterocycles. The number of nitrogens with zero attached hydrogens (tertiary/aromatic N) is 2. The Balaban J connectivity index is 1.99. The summed E-state index contributed by atoms with van der Waals surface area (Å²) in [7, 11) is 0.459. The molecule has 0 amide bonds. The molecule has 0 saturated carbocycles. The first kappa shape index (κ1) is 25.4. The van der Waals surface area contributed by atoms with Crippen LogP contribution >= 0.6 is 0 Å². The molecule has 0 bridgehead atoms. The van der Waals surface area contributed by atoms with Gasteiger partial charge in [-0.15, -0.1) is 0 Å². The average molecular weight is 469 g/mol. The van der Waals surface area contributed by atoms with E-state index in [1.165, 1.54) is 0 Å². The highest BCUT2D eigenvalue weighted by molar-refractivity contribution is 7.89. The zero-order valence-electron chi connectivity index (χ0n) is 18.5. The molecule has 0 fully saturated rings. The number of benzene rings is 2. The van der Waals surface area contributed by atoms with Crippen molar-refractivity contribution in [2.75, 3.05) is 54.4 Å². The van der Waals surface area contributed by atoms with E-state index in [0.29, 0.717) is 32.6 Å². The van der Waals surface area contributed by atoms with Crippen molar-refractivity contribution in [3.05, 3.63) is 59.7 Å². The normalized spacial score (nSPS) is 12.6. The van der Waals surface area contributed by atoms with Crippen molar-refractivity contribution >= 4 is 20.0 Å². The van der Waals surface area contributed by atoms with E-state index < -0.39 is 20.0 Å². The molecule has 2 aromatic rings. The molecule has 0 saturated heterocycles. The van der Waals surface area contributed by atoms with Gasteiger partial charge in [0.15, 0.2) is 0 Å². The van der Waals surface area contributed by atoms with Crippen LogP contribution in [0.15, 0.2) is 58.3 Å². The zero-order valence-corrected chi connectivity index (χ0v) is 20.1. The maximum Gasteiger partial charge on any atom is 0.240 e. The Kier molecular flexibility index (Phi) is 9.16. The van der Waals surface area contributed by atoms with Crippen LogP contribution in [-0.2, 0) is 26.5 Å². The molecular formula is C21H32N4O4S2. The largest absolute Gasteiger partial charge is 0.308 e. The minimum absolute atomic E-state index is 0.222. The van der Waals surface area contributed by atoms with Gasteiger partial charge >= 0.3 is 0 Å². The molecule has 0 atom stereocenters. The summed E-state index contributed by atoms with van der Waals surface area (Å²) in [6.07, 6.45) is 0.572. The van der Waals surface area contributed by atoms with Gasteiger partial charge in [0.2, 0.25) is 20.0 Å². The van der Waals surface area contributed by atoms with Crippen LogP contribution < -0.4 is 9.44 Å². The fourth-order valence-electron chi connectivity index (χ4n) is 2.78. The van der Waals surface area contributed by atoms with E-state index in [0.717, 1.165) is 11.1 Å². The summed E-state index contributed by atoms with van der Waals surface area (Å²) < 4.78 is 54.5. The molecule has 31 heavy (non-hydrogen) atoms. The molecule has 8 nitrogen and oxygen atoms in total. The molecule has 0 unspecified atom stereocenters. The van der Waals surface area contributed by atoms with Crippen LogP contribution in [-0.4, -0.2) is 81.0 Å². The van der Waals surface area contributed by atoms with Gasteiger partial charge in [0.25, 0.3) is 0 Å². The van der Waals surface area contributed by atoms with Crippen molar-refractivity contribution < 1.29 is 16.8 Å². The highest BCUT2D eigenvalue weighted by Gasteiger charge is 2.15. The summed E-state index contributed by atoms with van der Waals surface area (Å²) >= 11 is 0. The van der Waals surface area contributed by atoms with Crippen LogP contribution in [0.1, 0.15) is 11.1 Å². The molecule has 0 aliphatic rings. The first-order valence-electron chi connectivity index (χ1n) is 9.96. The molecule has 2 rings (SSSR count). The quantitative estimate of drug-likeness (QED) is 0.481. The molecule has 0 aromatic heterocycles. The SMILES string of the molecule is CN(C)CCNS(=O)(=O)c1ccc(Cc2ccc(S(=O)(=O)NCCN(C)C)cc2)cc1. The van der Waals surface area contributed by atoms with Crippen molar-refractivity contribution in [1.82, 2.24) is 19.2 Å². The minimum Gasteiger partial charge on any atom is -0.308 e. The van der Waals surface area contributed by atoms with E-state index in [4.69, 9.17) is 0 Å². The van der Waals surface area contributed by atoms with Crippen LogP contribution in [0.2, 0.25) is 0 Å². The lowest BCUT2D eigenvalue weighted by Gasteiger charge is -2.12.